The first-order valence-electron chi connectivity index (χ1n) is 8.80. The summed E-state index contributed by atoms with van der Waals surface area (Å²) in [4.78, 5) is 22.3. The monoisotopic (exact) mass is 383 g/mol. The van der Waals surface area contributed by atoms with Gasteiger partial charge in [0.25, 0.3) is 5.91 Å². The van der Waals surface area contributed by atoms with Crippen LogP contribution >= 0.6 is 22.7 Å². The van der Waals surface area contributed by atoms with E-state index in [4.69, 9.17) is 0 Å². The summed E-state index contributed by atoms with van der Waals surface area (Å²) in [7, 11) is 1.68. The third kappa shape index (κ3) is 3.58. The summed E-state index contributed by atoms with van der Waals surface area (Å²) < 4.78 is 0. The number of rotatable bonds is 5. The molecular weight excluding hydrogens is 362 g/mol. The van der Waals surface area contributed by atoms with Crippen molar-refractivity contribution in [1.29, 1.82) is 0 Å². The van der Waals surface area contributed by atoms with E-state index in [0.29, 0.717) is 6.04 Å². The van der Waals surface area contributed by atoms with Gasteiger partial charge in [0.2, 0.25) is 0 Å². The van der Waals surface area contributed by atoms with Crippen LogP contribution in [0.5, 0.6) is 0 Å². The van der Waals surface area contributed by atoms with E-state index in [0.717, 1.165) is 29.4 Å². The number of thiazole rings is 1. The fraction of sp³-hybridized carbons (Fsp3) is 0.300. The average molecular weight is 384 g/mol. The molecule has 1 aliphatic rings. The summed E-state index contributed by atoms with van der Waals surface area (Å²) >= 11 is 3.38. The van der Waals surface area contributed by atoms with Crippen molar-refractivity contribution >= 4 is 28.6 Å². The van der Waals surface area contributed by atoms with E-state index >= 15 is 0 Å². The van der Waals surface area contributed by atoms with Gasteiger partial charge in [-0.2, -0.15) is 0 Å². The van der Waals surface area contributed by atoms with Crippen LogP contribution in [0.2, 0.25) is 0 Å². The van der Waals surface area contributed by atoms with E-state index in [-0.39, 0.29) is 5.91 Å². The summed E-state index contributed by atoms with van der Waals surface area (Å²) in [6.45, 7) is 2.01. The number of carbonyl (C=O) groups is 1. The summed E-state index contributed by atoms with van der Waals surface area (Å²) in [5.74, 6) is 0.000701. The number of thiophene rings is 1. The minimum absolute atomic E-state index is 0.000701. The highest BCUT2D eigenvalue weighted by molar-refractivity contribution is 7.15. The number of benzene rings is 1. The number of likely N-dealkylation sites (tertiary alicyclic amines) is 1. The van der Waals surface area contributed by atoms with Gasteiger partial charge in [0.1, 0.15) is 5.01 Å². The Morgan fingerprint density at radius 2 is 2.08 bits per heavy atom. The Hall–Kier alpha value is -2.02. The van der Waals surface area contributed by atoms with Crippen LogP contribution in [0.15, 0.2) is 48.7 Å². The molecule has 0 radical (unpaired) electrons. The molecule has 0 aliphatic carbocycles. The number of nitrogens with one attached hydrogen (secondary N) is 1. The largest absolute Gasteiger partial charge is 0.354 e. The van der Waals surface area contributed by atoms with Crippen molar-refractivity contribution in [3.8, 4) is 10.6 Å². The zero-order valence-electron chi connectivity index (χ0n) is 14.6. The Morgan fingerprint density at radius 1 is 1.23 bits per heavy atom. The lowest BCUT2D eigenvalue weighted by Crippen LogP contribution is -2.21. The standard InChI is InChI=1S/C20H21N3OS2/c1-21-19(24)18-10-9-17(26-18)16-8-5-11-23(16)13-15-12-22-20(25-15)14-6-3-2-4-7-14/h2-4,6-7,9-10,12,16H,5,8,11,13H2,1H3,(H,21,24). The number of carbonyl (C=O) groups excluding carboxylic acids is 1. The van der Waals surface area contributed by atoms with Gasteiger partial charge < -0.3 is 5.32 Å². The minimum atomic E-state index is 0.000701. The molecule has 4 rings (SSSR count). The van der Waals surface area contributed by atoms with Gasteiger partial charge in [-0.3, -0.25) is 9.69 Å². The fourth-order valence-electron chi connectivity index (χ4n) is 3.41. The highest BCUT2D eigenvalue weighted by Crippen LogP contribution is 2.37. The first-order chi connectivity index (χ1) is 12.7. The zero-order chi connectivity index (χ0) is 17.9. The fourth-order valence-corrected chi connectivity index (χ4v) is 5.48. The summed E-state index contributed by atoms with van der Waals surface area (Å²) in [6, 6.07) is 14.8. The van der Waals surface area contributed by atoms with E-state index in [1.807, 2.05) is 30.5 Å². The van der Waals surface area contributed by atoms with Crippen LogP contribution < -0.4 is 5.32 Å². The number of amides is 1. The van der Waals surface area contributed by atoms with Gasteiger partial charge in [-0.15, -0.1) is 22.7 Å². The zero-order valence-corrected chi connectivity index (χ0v) is 16.3. The molecule has 1 aromatic carbocycles. The summed E-state index contributed by atoms with van der Waals surface area (Å²) in [5, 5.41) is 3.78. The Bertz CT molecular complexity index is 887. The summed E-state index contributed by atoms with van der Waals surface area (Å²) in [5.41, 5.74) is 1.18. The molecule has 1 amide bonds. The van der Waals surface area contributed by atoms with Crippen molar-refractivity contribution in [2.24, 2.45) is 0 Å². The van der Waals surface area contributed by atoms with Crippen LogP contribution in [0.3, 0.4) is 0 Å². The maximum absolute atomic E-state index is 11.8. The minimum Gasteiger partial charge on any atom is -0.354 e. The maximum Gasteiger partial charge on any atom is 0.261 e. The van der Waals surface area contributed by atoms with Gasteiger partial charge in [-0.05, 0) is 31.5 Å². The Balaban J connectivity index is 1.48. The van der Waals surface area contributed by atoms with Crippen molar-refractivity contribution in [3.63, 3.8) is 0 Å². The van der Waals surface area contributed by atoms with Crippen LogP contribution in [0.4, 0.5) is 0 Å². The molecule has 0 bridgehead atoms. The Labute approximate surface area is 161 Å². The van der Waals surface area contributed by atoms with Crippen molar-refractivity contribution in [2.45, 2.75) is 25.4 Å². The molecule has 1 aliphatic heterocycles. The lowest BCUT2D eigenvalue weighted by molar-refractivity contribution is 0.0967. The first-order valence-corrected chi connectivity index (χ1v) is 10.4. The second-order valence-corrected chi connectivity index (χ2v) is 8.64. The van der Waals surface area contributed by atoms with E-state index < -0.39 is 0 Å². The van der Waals surface area contributed by atoms with Crippen LogP contribution in [0, 0.1) is 0 Å². The maximum atomic E-state index is 11.8. The Kier molecular flexibility index (Phi) is 5.15. The molecule has 26 heavy (non-hydrogen) atoms. The molecule has 1 saturated heterocycles. The molecular formula is C20H21N3OS2. The second-order valence-electron chi connectivity index (χ2n) is 6.41. The van der Waals surface area contributed by atoms with Crippen LogP contribution in [-0.4, -0.2) is 29.4 Å². The molecule has 4 nitrogen and oxygen atoms in total. The number of nitrogens with zero attached hydrogens (tertiary/aromatic N) is 2. The number of hydrogen-bond acceptors (Lipinski definition) is 5. The topological polar surface area (TPSA) is 45.2 Å². The molecule has 1 fully saturated rings. The van der Waals surface area contributed by atoms with E-state index in [1.54, 1.807) is 29.7 Å². The number of aromatic nitrogens is 1. The number of hydrogen-bond donors (Lipinski definition) is 1. The van der Waals surface area contributed by atoms with Crippen molar-refractivity contribution in [2.75, 3.05) is 13.6 Å². The van der Waals surface area contributed by atoms with Gasteiger partial charge >= 0.3 is 0 Å². The van der Waals surface area contributed by atoms with Gasteiger partial charge in [-0.1, -0.05) is 30.3 Å². The molecule has 1 unspecified atom stereocenters. The average Bonchev–Trinajstić information content (AvgIpc) is 3.42. The normalized spacial score (nSPS) is 17.5. The van der Waals surface area contributed by atoms with Gasteiger partial charge in [0.05, 0.1) is 4.88 Å². The SMILES string of the molecule is CNC(=O)c1ccc(C2CCCN2Cc2cnc(-c3ccccc3)s2)s1. The molecule has 1 atom stereocenters. The van der Waals surface area contributed by atoms with Gasteiger partial charge in [0.15, 0.2) is 0 Å². The van der Waals surface area contributed by atoms with Crippen LogP contribution in [0.1, 0.15) is 38.3 Å². The smallest absolute Gasteiger partial charge is 0.261 e. The van der Waals surface area contributed by atoms with Crippen LogP contribution in [-0.2, 0) is 6.54 Å². The molecule has 3 heterocycles. The Morgan fingerprint density at radius 3 is 2.88 bits per heavy atom. The van der Waals surface area contributed by atoms with E-state index in [2.05, 4.69) is 33.4 Å². The van der Waals surface area contributed by atoms with Crippen LogP contribution in [0.25, 0.3) is 10.6 Å². The second kappa shape index (κ2) is 7.70. The lowest BCUT2D eigenvalue weighted by atomic mass is 10.2. The first kappa shape index (κ1) is 17.4. The molecule has 134 valence electrons. The van der Waals surface area contributed by atoms with Gasteiger partial charge in [-0.25, -0.2) is 4.98 Å². The third-order valence-corrected chi connectivity index (χ3v) is 6.92. The highest BCUT2D eigenvalue weighted by Gasteiger charge is 2.28. The highest BCUT2D eigenvalue weighted by atomic mass is 32.1. The predicted octanol–water partition coefficient (Wildman–Crippen LogP) is 4.57. The quantitative estimate of drug-likeness (QED) is 0.702. The molecule has 6 heteroatoms. The summed E-state index contributed by atoms with van der Waals surface area (Å²) in [6.07, 6.45) is 4.35. The molecule has 0 saturated carbocycles. The predicted molar refractivity (Wildman–Crippen MR) is 108 cm³/mol. The molecule has 1 N–H and O–H groups in total. The van der Waals surface area contributed by atoms with Crippen molar-refractivity contribution < 1.29 is 4.79 Å². The van der Waals surface area contributed by atoms with Crippen molar-refractivity contribution in [1.82, 2.24) is 15.2 Å². The third-order valence-electron chi connectivity index (χ3n) is 4.70. The molecule has 0 spiro atoms. The molecule has 2 aromatic heterocycles. The van der Waals surface area contributed by atoms with Crippen molar-refractivity contribution in [3.05, 3.63) is 63.3 Å². The van der Waals surface area contributed by atoms with Gasteiger partial charge in [0, 0.05) is 41.1 Å². The van der Waals surface area contributed by atoms with E-state index in [1.165, 1.54) is 21.7 Å². The molecule has 3 aromatic rings. The van der Waals surface area contributed by atoms with E-state index in [9.17, 15) is 4.79 Å². The lowest BCUT2D eigenvalue weighted by Gasteiger charge is -2.22.